The summed E-state index contributed by atoms with van der Waals surface area (Å²) in [5, 5.41) is 4.24. The van der Waals surface area contributed by atoms with Crippen LogP contribution in [0.5, 0.6) is 0 Å². The third kappa shape index (κ3) is 3.30. The Balaban J connectivity index is 2.41. The Morgan fingerprint density at radius 3 is 2.89 bits per heavy atom. The third-order valence-corrected chi connectivity index (χ3v) is 4.00. The van der Waals surface area contributed by atoms with Crippen LogP contribution in [0.1, 0.15) is 10.6 Å². The molecule has 1 N–H and O–H groups in total. The van der Waals surface area contributed by atoms with E-state index in [4.69, 9.17) is 16.3 Å². The number of nitrogens with zero attached hydrogens (tertiary/aromatic N) is 1. The Bertz CT molecular complexity index is 550. The predicted octanol–water partition coefficient (Wildman–Crippen LogP) is 3.47. The zero-order valence-electron chi connectivity index (χ0n) is 10.7. The molecule has 102 valence electrons. The number of benzene rings is 1. The van der Waals surface area contributed by atoms with Crippen molar-refractivity contribution in [2.45, 2.75) is 13.2 Å². The summed E-state index contributed by atoms with van der Waals surface area (Å²) in [6, 6.07) is 4.33. The van der Waals surface area contributed by atoms with Crippen molar-refractivity contribution in [3.05, 3.63) is 39.6 Å². The largest absolute Gasteiger partial charge is 0.378 e. The molecule has 0 spiro atoms. The van der Waals surface area contributed by atoms with Gasteiger partial charge in [0, 0.05) is 24.1 Å². The summed E-state index contributed by atoms with van der Waals surface area (Å²) in [4.78, 5) is 5.62. The van der Waals surface area contributed by atoms with E-state index in [1.807, 2.05) is 7.05 Å². The fourth-order valence-electron chi connectivity index (χ4n) is 1.71. The van der Waals surface area contributed by atoms with E-state index in [1.165, 1.54) is 23.5 Å². The smallest absolute Gasteiger partial charge is 0.125 e. The topological polar surface area (TPSA) is 34.2 Å². The van der Waals surface area contributed by atoms with Crippen molar-refractivity contribution in [1.29, 1.82) is 0 Å². The Kier molecular flexibility index (Phi) is 4.87. The van der Waals surface area contributed by atoms with Gasteiger partial charge in [0.15, 0.2) is 0 Å². The Hall–Kier alpha value is -1.01. The van der Waals surface area contributed by atoms with Crippen molar-refractivity contribution >= 4 is 22.9 Å². The lowest BCUT2D eigenvalue weighted by molar-refractivity contribution is 0.181. The molecule has 6 heteroatoms. The van der Waals surface area contributed by atoms with Crippen molar-refractivity contribution in [1.82, 2.24) is 10.3 Å². The molecule has 2 aromatic rings. The van der Waals surface area contributed by atoms with Gasteiger partial charge in [-0.3, -0.25) is 0 Å². The monoisotopic (exact) mass is 300 g/mol. The lowest BCUT2D eigenvalue weighted by atomic mass is 10.2. The van der Waals surface area contributed by atoms with Crippen LogP contribution in [0, 0.1) is 5.82 Å². The zero-order valence-corrected chi connectivity index (χ0v) is 12.2. The molecule has 0 amide bonds. The predicted molar refractivity (Wildman–Crippen MR) is 76.0 cm³/mol. The standard InChI is InChI=1S/C13H14ClFN2OS/c1-16-6-12-11(7-18-2)17-13(19-12)9-4-3-8(15)5-10(9)14/h3-5,16H,6-7H2,1-2H3. The van der Waals surface area contributed by atoms with Gasteiger partial charge in [-0.25, -0.2) is 9.37 Å². The Morgan fingerprint density at radius 1 is 1.47 bits per heavy atom. The summed E-state index contributed by atoms with van der Waals surface area (Å²) in [7, 11) is 3.51. The molecule has 0 fully saturated rings. The first-order chi connectivity index (χ1) is 9.15. The number of halogens is 2. The number of methoxy groups -OCH3 is 1. The maximum Gasteiger partial charge on any atom is 0.125 e. The SMILES string of the molecule is CNCc1sc(-c2ccc(F)cc2Cl)nc1COC. The molecule has 1 aromatic carbocycles. The summed E-state index contributed by atoms with van der Waals surface area (Å²) in [5.74, 6) is -0.349. The summed E-state index contributed by atoms with van der Waals surface area (Å²) in [5.41, 5.74) is 1.63. The van der Waals surface area contributed by atoms with Crippen molar-refractivity contribution in [3.8, 4) is 10.6 Å². The van der Waals surface area contributed by atoms with Gasteiger partial charge < -0.3 is 10.1 Å². The second-order valence-corrected chi connectivity index (χ2v) is 5.47. The first kappa shape index (κ1) is 14.4. The fourth-order valence-corrected chi connectivity index (χ4v) is 3.14. The molecule has 0 aliphatic heterocycles. The molecular weight excluding hydrogens is 287 g/mol. The number of aromatic nitrogens is 1. The average molecular weight is 301 g/mol. The highest BCUT2D eigenvalue weighted by Gasteiger charge is 2.14. The van der Waals surface area contributed by atoms with Crippen LogP contribution < -0.4 is 5.32 Å². The van der Waals surface area contributed by atoms with Crippen molar-refractivity contribution in [3.63, 3.8) is 0 Å². The van der Waals surface area contributed by atoms with Crippen LogP contribution in [0.3, 0.4) is 0 Å². The Labute approximate surface area is 120 Å². The molecule has 0 unspecified atom stereocenters. The highest BCUT2D eigenvalue weighted by atomic mass is 35.5. The number of rotatable bonds is 5. The first-order valence-corrected chi connectivity index (χ1v) is 6.92. The van der Waals surface area contributed by atoms with Gasteiger partial charge in [-0.15, -0.1) is 11.3 Å². The molecule has 2 rings (SSSR count). The molecule has 0 saturated carbocycles. The highest BCUT2D eigenvalue weighted by molar-refractivity contribution is 7.15. The lowest BCUT2D eigenvalue weighted by Gasteiger charge is -1.99. The molecule has 0 radical (unpaired) electrons. The summed E-state index contributed by atoms with van der Waals surface area (Å²) >= 11 is 7.60. The quantitative estimate of drug-likeness (QED) is 0.918. The van der Waals surface area contributed by atoms with Gasteiger partial charge in [0.05, 0.1) is 17.3 Å². The molecular formula is C13H14ClFN2OS. The molecule has 0 atom stereocenters. The van der Waals surface area contributed by atoms with Crippen LogP contribution in [0.25, 0.3) is 10.6 Å². The highest BCUT2D eigenvalue weighted by Crippen LogP contribution is 2.33. The lowest BCUT2D eigenvalue weighted by Crippen LogP contribution is -2.06. The van der Waals surface area contributed by atoms with Crippen molar-refractivity contribution in [2.75, 3.05) is 14.2 Å². The second kappa shape index (κ2) is 6.43. The molecule has 1 heterocycles. The van der Waals surface area contributed by atoms with Crippen LogP contribution in [0.4, 0.5) is 4.39 Å². The molecule has 1 aromatic heterocycles. The molecule has 0 aliphatic carbocycles. The van der Waals surface area contributed by atoms with Gasteiger partial charge in [-0.2, -0.15) is 0 Å². The van der Waals surface area contributed by atoms with Gasteiger partial charge in [0.1, 0.15) is 10.8 Å². The van der Waals surface area contributed by atoms with E-state index in [-0.39, 0.29) is 5.82 Å². The van der Waals surface area contributed by atoms with Crippen LogP contribution >= 0.6 is 22.9 Å². The Morgan fingerprint density at radius 2 is 2.26 bits per heavy atom. The number of ether oxygens (including phenoxy) is 1. The van der Waals surface area contributed by atoms with Gasteiger partial charge in [-0.1, -0.05) is 11.6 Å². The number of hydrogen-bond donors (Lipinski definition) is 1. The van der Waals surface area contributed by atoms with Crippen molar-refractivity contribution in [2.24, 2.45) is 0 Å². The average Bonchev–Trinajstić information content (AvgIpc) is 2.73. The van der Waals surface area contributed by atoms with Crippen LogP contribution in [0.2, 0.25) is 5.02 Å². The summed E-state index contributed by atoms with van der Waals surface area (Å²) in [6.45, 7) is 1.17. The van der Waals surface area contributed by atoms with E-state index in [1.54, 1.807) is 13.2 Å². The minimum absolute atomic E-state index is 0.349. The summed E-state index contributed by atoms with van der Waals surface area (Å²) in [6.07, 6.45) is 0. The van der Waals surface area contributed by atoms with E-state index in [2.05, 4.69) is 10.3 Å². The van der Waals surface area contributed by atoms with Gasteiger partial charge >= 0.3 is 0 Å². The van der Waals surface area contributed by atoms with Gasteiger partial charge in [-0.05, 0) is 25.2 Å². The zero-order chi connectivity index (χ0) is 13.8. The minimum atomic E-state index is -0.349. The van der Waals surface area contributed by atoms with Gasteiger partial charge in [0.25, 0.3) is 0 Å². The summed E-state index contributed by atoms with van der Waals surface area (Å²) < 4.78 is 18.2. The van der Waals surface area contributed by atoms with Crippen LogP contribution in [-0.4, -0.2) is 19.1 Å². The molecule has 19 heavy (non-hydrogen) atoms. The number of thiazole rings is 1. The van der Waals surface area contributed by atoms with Gasteiger partial charge in [0.2, 0.25) is 0 Å². The maximum atomic E-state index is 13.1. The van der Waals surface area contributed by atoms with E-state index >= 15 is 0 Å². The van der Waals surface area contributed by atoms with Crippen LogP contribution in [-0.2, 0) is 17.9 Å². The molecule has 3 nitrogen and oxygen atoms in total. The molecule has 0 bridgehead atoms. The fraction of sp³-hybridized carbons (Fsp3) is 0.308. The van der Waals surface area contributed by atoms with E-state index in [0.717, 1.165) is 27.7 Å². The van der Waals surface area contributed by atoms with E-state index in [9.17, 15) is 4.39 Å². The normalized spacial score (nSPS) is 10.9. The maximum absolute atomic E-state index is 13.1. The molecule has 0 aliphatic rings. The van der Waals surface area contributed by atoms with E-state index < -0.39 is 0 Å². The third-order valence-electron chi connectivity index (χ3n) is 2.56. The first-order valence-electron chi connectivity index (χ1n) is 5.73. The van der Waals surface area contributed by atoms with Crippen LogP contribution in [0.15, 0.2) is 18.2 Å². The van der Waals surface area contributed by atoms with E-state index in [0.29, 0.717) is 11.6 Å². The second-order valence-electron chi connectivity index (χ2n) is 3.98. The number of hydrogen-bond acceptors (Lipinski definition) is 4. The number of nitrogens with one attached hydrogen (secondary N) is 1. The minimum Gasteiger partial charge on any atom is -0.378 e. The molecule has 0 saturated heterocycles. The van der Waals surface area contributed by atoms with Crippen molar-refractivity contribution < 1.29 is 9.13 Å².